The summed E-state index contributed by atoms with van der Waals surface area (Å²) in [4.78, 5) is 42.8. The lowest BCUT2D eigenvalue weighted by molar-refractivity contribution is -0.161. The number of hydrogen-bond donors (Lipinski definition) is 2. The van der Waals surface area contributed by atoms with Crippen LogP contribution in [-0.4, -0.2) is 41.0 Å². The van der Waals surface area contributed by atoms with Crippen molar-refractivity contribution in [1.82, 2.24) is 0 Å². The molecule has 2 N–H and O–H groups in total. The first-order valence-electron chi connectivity index (χ1n) is 20.3. The van der Waals surface area contributed by atoms with Gasteiger partial charge in [-0.15, -0.1) is 0 Å². The number of esters is 2. The summed E-state index contributed by atoms with van der Waals surface area (Å²) in [5.74, 6) is -0.869. The van der Waals surface area contributed by atoms with Crippen LogP contribution < -0.4 is 0 Å². The highest BCUT2D eigenvalue weighted by atomic mass is 31.2. The summed E-state index contributed by atoms with van der Waals surface area (Å²) in [5.41, 5.74) is 0. The van der Waals surface area contributed by atoms with Crippen molar-refractivity contribution in [3.05, 3.63) is 0 Å². The molecule has 0 saturated carbocycles. The van der Waals surface area contributed by atoms with Crippen molar-refractivity contribution in [2.45, 2.75) is 225 Å². The quantitative estimate of drug-likeness (QED) is 0.0370. The number of unbranched alkanes of at least 4 members (excludes halogenated alkanes) is 28. The standard InChI is InChI=1S/C39H77O8P/c1-3-5-7-9-11-13-15-17-19-21-23-25-27-29-31-33-38(40)45-35-37(36-46-48(42,43)44)47-39(41)34-32-30-28-26-24-22-20-18-16-14-12-10-8-6-4-2/h37H,3-36H2,1-2H3,(H2,42,43,44). The zero-order chi connectivity index (χ0) is 35.4. The number of phosphoric ester groups is 1. The zero-order valence-electron chi connectivity index (χ0n) is 31.4. The van der Waals surface area contributed by atoms with Crippen LogP contribution in [-0.2, 0) is 28.2 Å². The molecule has 0 fully saturated rings. The Bertz CT molecular complexity index is 756. The highest BCUT2D eigenvalue weighted by Gasteiger charge is 2.22. The Morgan fingerprint density at radius 1 is 0.458 bits per heavy atom. The fourth-order valence-electron chi connectivity index (χ4n) is 6.08. The summed E-state index contributed by atoms with van der Waals surface area (Å²) in [6, 6.07) is 0. The molecule has 0 aliphatic rings. The molecule has 9 heteroatoms. The Morgan fingerprint density at radius 3 is 1.06 bits per heavy atom. The van der Waals surface area contributed by atoms with E-state index in [-0.39, 0.29) is 19.4 Å². The van der Waals surface area contributed by atoms with Gasteiger partial charge in [-0.3, -0.25) is 14.1 Å². The Hall–Kier alpha value is -0.950. The first-order chi connectivity index (χ1) is 23.3. The smallest absolute Gasteiger partial charge is 0.462 e. The number of ether oxygens (including phenoxy) is 2. The van der Waals surface area contributed by atoms with Crippen LogP contribution in [0.3, 0.4) is 0 Å². The number of hydrogen-bond acceptors (Lipinski definition) is 6. The zero-order valence-corrected chi connectivity index (χ0v) is 32.3. The maximum Gasteiger partial charge on any atom is 0.469 e. The molecule has 1 unspecified atom stereocenters. The van der Waals surface area contributed by atoms with Crippen molar-refractivity contribution in [2.24, 2.45) is 0 Å². The average molecular weight is 705 g/mol. The van der Waals surface area contributed by atoms with Gasteiger partial charge in [0.2, 0.25) is 0 Å². The highest BCUT2D eigenvalue weighted by molar-refractivity contribution is 7.46. The largest absolute Gasteiger partial charge is 0.469 e. The molecular formula is C39H77O8P. The van der Waals surface area contributed by atoms with E-state index >= 15 is 0 Å². The van der Waals surface area contributed by atoms with Crippen molar-refractivity contribution in [3.63, 3.8) is 0 Å². The van der Waals surface area contributed by atoms with E-state index in [1.807, 2.05) is 0 Å². The SMILES string of the molecule is CCCCCCCCCCCCCCCCCC(=O)OCC(COP(=O)(O)O)OC(=O)CCCCCCCCCCCCCCCCC. The molecule has 0 aromatic carbocycles. The lowest BCUT2D eigenvalue weighted by atomic mass is 10.0. The molecule has 0 aliphatic heterocycles. The maximum atomic E-state index is 12.4. The van der Waals surface area contributed by atoms with Gasteiger partial charge in [0, 0.05) is 12.8 Å². The minimum absolute atomic E-state index is 0.220. The molecule has 1 atom stereocenters. The van der Waals surface area contributed by atoms with Crippen LogP contribution in [0.15, 0.2) is 0 Å². The first-order valence-corrected chi connectivity index (χ1v) is 21.9. The number of carbonyl (C=O) groups excluding carboxylic acids is 2. The van der Waals surface area contributed by atoms with Crippen molar-refractivity contribution >= 4 is 19.8 Å². The van der Waals surface area contributed by atoms with Crippen LogP contribution in [0.25, 0.3) is 0 Å². The van der Waals surface area contributed by atoms with Crippen molar-refractivity contribution in [2.75, 3.05) is 13.2 Å². The summed E-state index contributed by atoms with van der Waals surface area (Å²) in [6.45, 7) is 3.71. The second kappa shape index (κ2) is 35.9. The molecule has 0 radical (unpaired) electrons. The van der Waals surface area contributed by atoms with E-state index in [0.717, 1.165) is 32.1 Å². The molecule has 0 saturated heterocycles. The van der Waals surface area contributed by atoms with Crippen molar-refractivity contribution in [3.8, 4) is 0 Å². The van der Waals surface area contributed by atoms with Gasteiger partial charge in [-0.05, 0) is 12.8 Å². The Kier molecular flexibility index (Phi) is 35.2. The van der Waals surface area contributed by atoms with Crippen LogP contribution in [0, 0.1) is 0 Å². The van der Waals surface area contributed by atoms with Gasteiger partial charge < -0.3 is 19.3 Å². The second-order valence-electron chi connectivity index (χ2n) is 14.0. The Morgan fingerprint density at radius 2 is 0.750 bits per heavy atom. The number of rotatable bonds is 38. The summed E-state index contributed by atoms with van der Waals surface area (Å²) in [6.07, 6.45) is 36.8. The first kappa shape index (κ1) is 47.0. The molecular weight excluding hydrogens is 627 g/mol. The molecule has 286 valence electrons. The van der Waals surface area contributed by atoms with Gasteiger partial charge in [0.1, 0.15) is 6.61 Å². The normalized spacial score (nSPS) is 12.3. The lowest BCUT2D eigenvalue weighted by Crippen LogP contribution is -2.29. The van der Waals surface area contributed by atoms with Crippen LogP contribution in [0.4, 0.5) is 0 Å². The molecule has 0 rings (SSSR count). The molecule has 0 spiro atoms. The van der Waals surface area contributed by atoms with Gasteiger partial charge >= 0.3 is 19.8 Å². The predicted octanol–water partition coefficient (Wildman–Crippen LogP) is 12.1. The highest BCUT2D eigenvalue weighted by Crippen LogP contribution is 2.36. The van der Waals surface area contributed by atoms with Gasteiger partial charge in [0.25, 0.3) is 0 Å². The van der Waals surface area contributed by atoms with Crippen LogP contribution in [0.5, 0.6) is 0 Å². The fourth-order valence-corrected chi connectivity index (χ4v) is 6.44. The van der Waals surface area contributed by atoms with Crippen LogP contribution in [0.1, 0.15) is 219 Å². The Balaban J connectivity index is 3.88. The predicted molar refractivity (Wildman–Crippen MR) is 198 cm³/mol. The van der Waals surface area contributed by atoms with E-state index in [2.05, 4.69) is 18.4 Å². The fraction of sp³-hybridized carbons (Fsp3) is 0.949. The third-order valence-electron chi connectivity index (χ3n) is 9.13. The van der Waals surface area contributed by atoms with E-state index in [9.17, 15) is 14.2 Å². The monoisotopic (exact) mass is 705 g/mol. The minimum Gasteiger partial charge on any atom is -0.462 e. The molecule has 0 bridgehead atoms. The minimum atomic E-state index is -4.74. The maximum absolute atomic E-state index is 12.4. The average Bonchev–Trinajstić information content (AvgIpc) is 3.05. The molecule has 48 heavy (non-hydrogen) atoms. The second-order valence-corrected chi connectivity index (χ2v) is 15.2. The molecule has 8 nitrogen and oxygen atoms in total. The third kappa shape index (κ3) is 37.9. The molecule has 0 heterocycles. The van der Waals surface area contributed by atoms with Gasteiger partial charge in [-0.2, -0.15) is 0 Å². The van der Waals surface area contributed by atoms with Crippen molar-refractivity contribution in [1.29, 1.82) is 0 Å². The van der Waals surface area contributed by atoms with E-state index in [1.165, 1.54) is 154 Å². The third-order valence-corrected chi connectivity index (χ3v) is 9.61. The van der Waals surface area contributed by atoms with Gasteiger partial charge in [0.15, 0.2) is 6.10 Å². The van der Waals surface area contributed by atoms with Crippen LogP contribution in [0.2, 0.25) is 0 Å². The summed E-state index contributed by atoms with van der Waals surface area (Å²) >= 11 is 0. The van der Waals surface area contributed by atoms with Crippen LogP contribution >= 0.6 is 7.82 Å². The summed E-state index contributed by atoms with van der Waals surface area (Å²) in [5, 5.41) is 0. The topological polar surface area (TPSA) is 119 Å². The molecule has 0 aromatic heterocycles. The van der Waals surface area contributed by atoms with E-state index in [4.69, 9.17) is 19.3 Å². The summed E-state index contributed by atoms with van der Waals surface area (Å²) < 4.78 is 26.4. The lowest BCUT2D eigenvalue weighted by Gasteiger charge is -2.18. The molecule has 0 aromatic rings. The Labute approximate surface area is 295 Å². The van der Waals surface area contributed by atoms with E-state index in [0.29, 0.717) is 6.42 Å². The van der Waals surface area contributed by atoms with Gasteiger partial charge in [-0.1, -0.05) is 194 Å². The van der Waals surface area contributed by atoms with Crippen molar-refractivity contribution < 1.29 is 37.9 Å². The number of phosphoric acid groups is 1. The van der Waals surface area contributed by atoms with Gasteiger partial charge in [-0.25, -0.2) is 4.57 Å². The van der Waals surface area contributed by atoms with Gasteiger partial charge in [0.05, 0.1) is 6.61 Å². The van der Waals surface area contributed by atoms with E-state index in [1.54, 1.807) is 0 Å². The molecule has 0 aliphatic carbocycles. The number of carbonyl (C=O) groups is 2. The van der Waals surface area contributed by atoms with E-state index < -0.39 is 32.5 Å². The molecule has 0 amide bonds. The summed E-state index contributed by atoms with van der Waals surface area (Å²) in [7, 11) is -4.74.